The summed E-state index contributed by atoms with van der Waals surface area (Å²) in [5, 5.41) is 9.01. The van der Waals surface area contributed by atoms with E-state index in [1.54, 1.807) is 7.11 Å². The molecule has 0 aliphatic rings. The topological polar surface area (TPSA) is 77.9 Å². The molecule has 0 unspecified atom stereocenters. The van der Waals surface area contributed by atoms with Crippen LogP contribution in [0.1, 0.15) is 16.8 Å². The van der Waals surface area contributed by atoms with E-state index in [9.17, 15) is 4.79 Å². The van der Waals surface area contributed by atoms with E-state index in [4.69, 9.17) is 19.3 Å². The van der Waals surface area contributed by atoms with Crippen LogP contribution in [-0.4, -0.2) is 49.6 Å². The number of aromatic carboxylic acids is 1. The van der Waals surface area contributed by atoms with Crippen molar-refractivity contribution in [2.75, 3.05) is 33.5 Å². The van der Waals surface area contributed by atoms with Crippen LogP contribution in [0.25, 0.3) is 0 Å². The summed E-state index contributed by atoms with van der Waals surface area (Å²) >= 11 is 3.17. The summed E-state index contributed by atoms with van der Waals surface area (Å²) < 4.78 is 16.0. The van der Waals surface area contributed by atoms with Crippen molar-refractivity contribution in [1.29, 1.82) is 0 Å². The third-order valence-corrected chi connectivity index (χ3v) is 2.59. The van der Waals surface area contributed by atoms with Crippen LogP contribution in [0.15, 0.2) is 16.7 Å². The summed E-state index contributed by atoms with van der Waals surface area (Å²) in [6.45, 7) is 1.97. The van der Waals surface area contributed by atoms with Gasteiger partial charge in [-0.05, 0) is 22.0 Å². The smallest absolute Gasteiger partial charge is 0.341 e. The average molecular weight is 334 g/mol. The molecule has 0 fully saturated rings. The van der Waals surface area contributed by atoms with Crippen LogP contribution < -0.4 is 4.74 Å². The number of hydrogen-bond acceptors (Lipinski definition) is 5. The number of carboxylic acid groups (broad SMARTS) is 1. The zero-order chi connectivity index (χ0) is 14.1. The van der Waals surface area contributed by atoms with Crippen LogP contribution in [0.5, 0.6) is 5.88 Å². The Morgan fingerprint density at radius 1 is 1.37 bits per heavy atom. The molecule has 7 heteroatoms. The summed E-state index contributed by atoms with van der Waals surface area (Å²) in [6.07, 6.45) is 2.15. The van der Waals surface area contributed by atoms with E-state index in [-0.39, 0.29) is 11.4 Å². The molecule has 0 radical (unpaired) electrons. The minimum Gasteiger partial charge on any atom is -0.477 e. The van der Waals surface area contributed by atoms with Crippen LogP contribution in [0.3, 0.4) is 0 Å². The Morgan fingerprint density at radius 3 is 2.84 bits per heavy atom. The molecule has 1 rings (SSSR count). The van der Waals surface area contributed by atoms with E-state index in [1.807, 2.05) is 0 Å². The molecule has 1 aromatic rings. The van der Waals surface area contributed by atoms with Crippen molar-refractivity contribution >= 4 is 21.9 Å². The third-order valence-electron chi connectivity index (χ3n) is 2.15. The molecule has 0 bridgehead atoms. The van der Waals surface area contributed by atoms with Gasteiger partial charge in [-0.2, -0.15) is 0 Å². The number of nitrogens with zero attached hydrogens (tertiary/aromatic N) is 1. The zero-order valence-electron chi connectivity index (χ0n) is 10.6. The monoisotopic (exact) mass is 333 g/mol. The number of pyridine rings is 1. The Bertz CT molecular complexity index is 413. The first kappa shape index (κ1) is 15.9. The Labute approximate surface area is 119 Å². The number of rotatable bonds is 9. The maximum absolute atomic E-state index is 11.0. The van der Waals surface area contributed by atoms with Gasteiger partial charge in [0.25, 0.3) is 0 Å². The first-order chi connectivity index (χ1) is 9.15. The van der Waals surface area contributed by atoms with Gasteiger partial charge >= 0.3 is 5.97 Å². The SMILES string of the molecule is COCCOCCCOc1ncc(Br)cc1C(=O)O. The van der Waals surface area contributed by atoms with Gasteiger partial charge in [-0.25, -0.2) is 9.78 Å². The summed E-state index contributed by atoms with van der Waals surface area (Å²) in [4.78, 5) is 14.9. The predicted octanol–water partition coefficient (Wildman–Crippen LogP) is 1.97. The number of carboxylic acids is 1. The highest BCUT2D eigenvalue weighted by Gasteiger charge is 2.13. The number of carbonyl (C=O) groups is 1. The molecule has 1 heterocycles. The standard InChI is InChI=1S/C12H16BrNO5/c1-17-5-6-18-3-2-4-19-11-10(12(15)16)7-9(13)8-14-11/h7-8H,2-6H2,1H3,(H,15,16). The first-order valence-corrected chi connectivity index (χ1v) is 6.52. The quantitative estimate of drug-likeness (QED) is 0.696. The molecule has 1 N–H and O–H groups in total. The number of methoxy groups -OCH3 is 1. The van der Waals surface area contributed by atoms with Gasteiger partial charge in [0.2, 0.25) is 5.88 Å². The van der Waals surface area contributed by atoms with Crippen LogP contribution in [0.2, 0.25) is 0 Å². The molecular weight excluding hydrogens is 318 g/mol. The molecule has 0 aromatic carbocycles. The van der Waals surface area contributed by atoms with Crippen molar-refractivity contribution in [2.24, 2.45) is 0 Å². The fourth-order valence-electron chi connectivity index (χ4n) is 1.27. The lowest BCUT2D eigenvalue weighted by Gasteiger charge is -2.08. The second-order valence-corrected chi connectivity index (χ2v) is 4.53. The molecule has 0 saturated heterocycles. The van der Waals surface area contributed by atoms with E-state index >= 15 is 0 Å². The third kappa shape index (κ3) is 6.00. The van der Waals surface area contributed by atoms with Crippen molar-refractivity contribution in [2.45, 2.75) is 6.42 Å². The van der Waals surface area contributed by atoms with Crippen molar-refractivity contribution in [1.82, 2.24) is 4.98 Å². The molecule has 0 saturated carbocycles. The molecule has 0 amide bonds. The van der Waals surface area contributed by atoms with E-state index in [0.29, 0.717) is 37.3 Å². The second-order valence-electron chi connectivity index (χ2n) is 3.62. The van der Waals surface area contributed by atoms with Crippen molar-refractivity contribution in [3.8, 4) is 5.88 Å². The van der Waals surface area contributed by atoms with E-state index in [0.717, 1.165) is 0 Å². The summed E-state index contributed by atoms with van der Waals surface area (Å²) in [7, 11) is 1.61. The molecule has 0 spiro atoms. The lowest BCUT2D eigenvalue weighted by atomic mass is 10.3. The first-order valence-electron chi connectivity index (χ1n) is 5.73. The van der Waals surface area contributed by atoms with Gasteiger partial charge in [0.1, 0.15) is 5.56 Å². The van der Waals surface area contributed by atoms with Gasteiger partial charge in [-0.1, -0.05) is 0 Å². The minimum absolute atomic E-state index is 0.0367. The molecule has 0 aliphatic heterocycles. The lowest BCUT2D eigenvalue weighted by Crippen LogP contribution is -2.09. The lowest BCUT2D eigenvalue weighted by molar-refractivity contribution is 0.0634. The maximum Gasteiger partial charge on any atom is 0.341 e. The summed E-state index contributed by atoms with van der Waals surface area (Å²) in [6, 6.07) is 1.46. The van der Waals surface area contributed by atoms with Gasteiger partial charge in [-0.15, -0.1) is 0 Å². The number of halogens is 1. The van der Waals surface area contributed by atoms with Crippen molar-refractivity contribution in [3.63, 3.8) is 0 Å². The molecule has 6 nitrogen and oxygen atoms in total. The fourth-order valence-corrected chi connectivity index (χ4v) is 1.60. The Hall–Kier alpha value is -1.18. The number of ether oxygens (including phenoxy) is 3. The van der Waals surface area contributed by atoms with Crippen LogP contribution in [0, 0.1) is 0 Å². The highest BCUT2D eigenvalue weighted by molar-refractivity contribution is 9.10. The fraction of sp³-hybridized carbons (Fsp3) is 0.500. The van der Waals surface area contributed by atoms with Crippen LogP contribution in [0.4, 0.5) is 0 Å². The van der Waals surface area contributed by atoms with Crippen molar-refractivity contribution < 1.29 is 24.1 Å². The van der Waals surface area contributed by atoms with Crippen LogP contribution in [-0.2, 0) is 9.47 Å². The largest absolute Gasteiger partial charge is 0.477 e. The predicted molar refractivity (Wildman–Crippen MR) is 71.7 cm³/mol. The van der Waals surface area contributed by atoms with Crippen LogP contribution >= 0.6 is 15.9 Å². The summed E-state index contributed by atoms with van der Waals surface area (Å²) in [5.41, 5.74) is 0.0367. The molecular formula is C12H16BrNO5. The summed E-state index contributed by atoms with van der Waals surface area (Å²) in [5.74, 6) is -0.951. The molecule has 106 valence electrons. The van der Waals surface area contributed by atoms with Gasteiger partial charge in [0, 0.05) is 30.8 Å². The molecule has 0 aliphatic carbocycles. The number of aromatic nitrogens is 1. The molecule has 1 aromatic heterocycles. The Morgan fingerprint density at radius 2 is 2.16 bits per heavy atom. The Balaban J connectivity index is 2.35. The second kappa shape index (κ2) is 8.84. The van der Waals surface area contributed by atoms with Gasteiger partial charge < -0.3 is 19.3 Å². The molecule has 19 heavy (non-hydrogen) atoms. The zero-order valence-corrected chi connectivity index (χ0v) is 12.2. The van der Waals surface area contributed by atoms with Crippen molar-refractivity contribution in [3.05, 3.63) is 22.3 Å². The molecule has 0 atom stereocenters. The average Bonchev–Trinajstić information content (AvgIpc) is 2.39. The maximum atomic E-state index is 11.0. The number of hydrogen-bond donors (Lipinski definition) is 1. The van der Waals surface area contributed by atoms with E-state index in [2.05, 4.69) is 20.9 Å². The van der Waals surface area contributed by atoms with E-state index < -0.39 is 5.97 Å². The van der Waals surface area contributed by atoms with E-state index in [1.165, 1.54) is 12.3 Å². The van der Waals surface area contributed by atoms with Gasteiger partial charge in [-0.3, -0.25) is 0 Å². The minimum atomic E-state index is -1.07. The highest BCUT2D eigenvalue weighted by atomic mass is 79.9. The Kier molecular flexibility index (Phi) is 7.39. The highest BCUT2D eigenvalue weighted by Crippen LogP contribution is 2.20. The van der Waals surface area contributed by atoms with Gasteiger partial charge in [0.05, 0.1) is 19.8 Å². The van der Waals surface area contributed by atoms with Gasteiger partial charge in [0.15, 0.2) is 0 Å². The normalized spacial score (nSPS) is 10.4.